The molecule has 25 heavy (non-hydrogen) atoms. The average Bonchev–Trinajstić information content (AvgIpc) is 3.16. The number of aromatic amines is 1. The fraction of sp³-hybridized carbons (Fsp3) is 0.312. The molecule has 0 atom stereocenters. The average molecular weight is 359 g/mol. The Balaban J connectivity index is 1.36. The van der Waals surface area contributed by atoms with Crippen molar-refractivity contribution in [1.82, 2.24) is 25.1 Å². The van der Waals surface area contributed by atoms with Gasteiger partial charge in [0, 0.05) is 24.6 Å². The standard InChI is InChI=1S/C16H17N5O3S/c22-25(23,12-4-2-1-3-5-12)17-9-8-15-18-16(21-24-15)14-10-13(19-20-14)11-6-7-11/h1-5,10-11,17H,6-9H2,(H,19,20). The zero-order valence-electron chi connectivity index (χ0n) is 13.3. The fourth-order valence-electron chi connectivity index (χ4n) is 2.49. The van der Waals surface area contributed by atoms with Crippen molar-refractivity contribution in [3.05, 3.63) is 48.0 Å². The van der Waals surface area contributed by atoms with Crippen LogP contribution < -0.4 is 4.72 Å². The van der Waals surface area contributed by atoms with Crippen LogP contribution in [0.5, 0.6) is 0 Å². The van der Waals surface area contributed by atoms with E-state index in [4.69, 9.17) is 4.52 Å². The summed E-state index contributed by atoms with van der Waals surface area (Å²) in [6.07, 6.45) is 2.67. The lowest BCUT2D eigenvalue weighted by atomic mass is 10.2. The van der Waals surface area contributed by atoms with E-state index < -0.39 is 10.0 Å². The van der Waals surface area contributed by atoms with E-state index >= 15 is 0 Å². The fourth-order valence-corrected chi connectivity index (χ4v) is 3.54. The molecule has 3 aromatic rings. The van der Waals surface area contributed by atoms with E-state index in [1.54, 1.807) is 30.3 Å². The SMILES string of the molecule is O=S(=O)(NCCc1nc(-c2cc(C3CC3)[nH]n2)no1)c1ccccc1. The second kappa shape index (κ2) is 6.41. The molecule has 2 N–H and O–H groups in total. The molecule has 1 aromatic carbocycles. The summed E-state index contributed by atoms with van der Waals surface area (Å²) in [4.78, 5) is 4.50. The molecule has 1 fully saturated rings. The third kappa shape index (κ3) is 3.62. The van der Waals surface area contributed by atoms with Crippen molar-refractivity contribution >= 4 is 10.0 Å². The monoisotopic (exact) mass is 359 g/mol. The van der Waals surface area contributed by atoms with Gasteiger partial charge in [-0.15, -0.1) is 0 Å². The highest BCUT2D eigenvalue weighted by Crippen LogP contribution is 2.39. The minimum Gasteiger partial charge on any atom is -0.339 e. The van der Waals surface area contributed by atoms with Gasteiger partial charge in [-0.3, -0.25) is 5.10 Å². The predicted molar refractivity (Wildman–Crippen MR) is 89.2 cm³/mol. The highest BCUT2D eigenvalue weighted by Gasteiger charge is 2.26. The van der Waals surface area contributed by atoms with Gasteiger partial charge in [0.2, 0.25) is 21.7 Å². The third-order valence-electron chi connectivity index (χ3n) is 4.00. The Hall–Kier alpha value is -2.52. The van der Waals surface area contributed by atoms with Crippen molar-refractivity contribution in [2.24, 2.45) is 0 Å². The second-order valence-electron chi connectivity index (χ2n) is 5.96. The first-order valence-electron chi connectivity index (χ1n) is 8.05. The molecule has 1 aliphatic rings. The first-order valence-corrected chi connectivity index (χ1v) is 9.53. The Labute approximate surface area is 144 Å². The molecular formula is C16H17N5O3S. The number of sulfonamides is 1. The van der Waals surface area contributed by atoms with Crippen molar-refractivity contribution < 1.29 is 12.9 Å². The molecule has 0 bridgehead atoms. The number of H-pyrrole nitrogens is 1. The molecule has 0 aliphatic heterocycles. The van der Waals surface area contributed by atoms with Gasteiger partial charge in [-0.1, -0.05) is 23.4 Å². The van der Waals surface area contributed by atoms with Crippen molar-refractivity contribution in [3.63, 3.8) is 0 Å². The van der Waals surface area contributed by atoms with Crippen molar-refractivity contribution in [2.45, 2.75) is 30.1 Å². The topological polar surface area (TPSA) is 114 Å². The molecule has 0 amide bonds. The number of benzene rings is 1. The summed E-state index contributed by atoms with van der Waals surface area (Å²) in [5.41, 5.74) is 1.73. The van der Waals surface area contributed by atoms with E-state index in [9.17, 15) is 8.42 Å². The van der Waals surface area contributed by atoms with Gasteiger partial charge in [-0.05, 0) is 31.0 Å². The summed E-state index contributed by atoms with van der Waals surface area (Å²) < 4.78 is 32.0. The molecule has 0 saturated heterocycles. The van der Waals surface area contributed by atoms with Gasteiger partial charge >= 0.3 is 0 Å². The smallest absolute Gasteiger partial charge is 0.240 e. The number of nitrogens with zero attached hydrogens (tertiary/aromatic N) is 3. The summed E-state index contributed by atoms with van der Waals surface area (Å²) >= 11 is 0. The van der Waals surface area contributed by atoms with Crippen LogP contribution in [-0.4, -0.2) is 35.3 Å². The molecule has 8 nitrogen and oxygen atoms in total. The zero-order chi connectivity index (χ0) is 17.3. The highest BCUT2D eigenvalue weighted by atomic mass is 32.2. The van der Waals surface area contributed by atoms with E-state index in [-0.39, 0.29) is 11.4 Å². The van der Waals surface area contributed by atoms with Crippen molar-refractivity contribution in [3.8, 4) is 11.5 Å². The van der Waals surface area contributed by atoms with Gasteiger partial charge < -0.3 is 4.52 Å². The molecule has 130 valence electrons. The second-order valence-corrected chi connectivity index (χ2v) is 7.72. The Morgan fingerprint density at radius 1 is 1.24 bits per heavy atom. The third-order valence-corrected chi connectivity index (χ3v) is 5.47. The Bertz CT molecular complexity index is 961. The van der Waals surface area contributed by atoms with E-state index in [1.807, 2.05) is 6.07 Å². The lowest BCUT2D eigenvalue weighted by Crippen LogP contribution is -2.26. The molecule has 4 rings (SSSR count). The molecule has 9 heteroatoms. The van der Waals surface area contributed by atoms with Gasteiger partial charge in [0.05, 0.1) is 4.90 Å². The van der Waals surface area contributed by atoms with Gasteiger partial charge in [0.15, 0.2) is 0 Å². The van der Waals surface area contributed by atoms with Crippen LogP contribution in [0.4, 0.5) is 0 Å². The lowest BCUT2D eigenvalue weighted by molar-refractivity contribution is 0.379. The zero-order valence-corrected chi connectivity index (χ0v) is 14.2. The summed E-state index contributed by atoms with van der Waals surface area (Å²) in [7, 11) is -3.53. The van der Waals surface area contributed by atoms with Crippen LogP contribution in [-0.2, 0) is 16.4 Å². The molecule has 0 radical (unpaired) electrons. The van der Waals surface area contributed by atoms with E-state index in [2.05, 4.69) is 25.1 Å². The summed E-state index contributed by atoms with van der Waals surface area (Å²) in [6, 6.07) is 10.1. The molecule has 1 saturated carbocycles. The number of nitrogens with one attached hydrogen (secondary N) is 2. The van der Waals surface area contributed by atoms with E-state index in [0.29, 0.717) is 29.7 Å². The van der Waals surface area contributed by atoms with Crippen LogP contribution >= 0.6 is 0 Å². The Morgan fingerprint density at radius 3 is 2.80 bits per heavy atom. The van der Waals surface area contributed by atoms with Crippen LogP contribution in [0.2, 0.25) is 0 Å². The minimum absolute atomic E-state index is 0.173. The Morgan fingerprint density at radius 2 is 2.04 bits per heavy atom. The van der Waals surface area contributed by atoms with Gasteiger partial charge in [0.25, 0.3) is 0 Å². The summed E-state index contributed by atoms with van der Waals surface area (Å²) in [5, 5.41) is 11.1. The van der Waals surface area contributed by atoms with Crippen molar-refractivity contribution in [2.75, 3.05) is 6.54 Å². The van der Waals surface area contributed by atoms with Gasteiger partial charge in [-0.25, -0.2) is 13.1 Å². The molecule has 0 unspecified atom stereocenters. The molecule has 1 aliphatic carbocycles. The van der Waals surface area contributed by atoms with Crippen LogP contribution in [0.1, 0.15) is 30.3 Å². The maximum Gasteiger partial charge on any atom is 0.240 e. The largest absolute Gasteiger partial charge is 0.339 e. The predicted octanol–water partition coefficient (Wildman–Crippen LogP) is 1.86. The quantitative estimate of drug-likeness (QED) is 0.665. The Kier molecular flexibility index (Phi) is 4.10. The molecule has 2 heterocycles. The number of hydrogen-bond donors (Lipinski definition) is 2. The molecule has 2 aromatic heterocycles. The molecule has 0 spiro atoms. The summed E-state index contributed by atoms with van der Waals surface area (Å²) in [5.74, 6) is 1.34. The minimum atomic E-state index is -3.53. The number of aromatic nitrogens is 4. The maximum atomic E-state index is 12.1. The van der Waals surface area contributed by atoms with E-state index in [0.717, 1.165) is 5.69 Å². The maximum absolute atomic E-state index is 12.1. The van der Waals surface area contributed by atoms with Gasteiger partial charge in [0.1, 0.15) is 5.69 Å². The van der Waals surface area contributed by atoms with Crippen LogP contribution in [0, 0.1) is 0 Å². The number of hydrogen-bond acceptors (Lipinski definition) is 6. The van der Waals surface area contributed by atoms with Crippen LogP contribution in [0.25, 0.3) is 11.5 Å². The normalized spacial score (nSPS) is 14.7. The molecular weight excluding hydrogens is 342 g/mol. The highest BCUT2D eigenvalue weighted by molar-refractivity contribution is 7.89. The number of rotatable bonds is 7. The van der Waals surface area contributed by atoms with E-state index in [1.165, 1.54) is 12.8 Å². The van der Waals surface area contributed by atoms with Crippen LogP contribution in [0.15, 0.2) is 45.8 Å². The summed E-state index contributed by atoms with van der Waals surface area (Å²) in [6.45, 7) is 0.173. The lowest BCUT2D eigenvalue weighted by Gasteiger charge is -2.04. The first kappa shape index (κ1) is 16.0. The van der Waals surface area contributed by atoms with Crippen LogP contribution in [0.3, 0.4) is 0 Å². The van der Waals surface area contributed by atoms with Gasteiger partial charge in [-0.2, -0.15) is 10.1 Å². The first-order chi connectivity index (χ1) is 12.1. The van der Waals surface area contributed by atoms with Crippen molar-refractivity contribution in [1.29, 1.82) is 0 Å².